The Morgan fingerprint density at radius 1 is 1.14 bits per heavy atom. The van der Waals surface area contributed by atoms with E-state index in [1.807, 2.05) is 18.2 Å². The molecule has 0 spiro atoms. The molecule has 1 atom stereocenters. The van der Waals surface area contributed by atoms with Gasteiger partial charge in [-0.2, -0.15) is 0 Å². The first-order chi connectivity index (χ1) is 10.7. The van der Waals surface area contributed by atoms with Crippen molar-refractivity contribution >= 4 is 11.6 Å². The second kappa shape index (κ2) is 7.17. The maximum atomic E-state index is 6.31. The summed E-state index contributed by atoms with van der Waals surface area (Å²) in [6.45, 7) is 3.65. The molecule has 1 aliphatic heterocycles. The zero-order chi connectivity index (χ0) is 15.4. The van der Waals surface area contributed by atoms with E-state index in [-0.39, 0.29) is 6.10 Å². The fourth-order valence-corrected chi connectivity index (χ4v) is 2.87. The van der Waals surface area contributed by atoms with Crippen molar-refractivity contribution in [2.75, 3.05) is 13.2 Å². The van der Waals surface area contributed by atoms with Gasteiger partial charge in [-0.15, -0.1) is 0 Å². The van der Waals surface area contributed by atoms with Gasteiger partial charge >= 0.3 is 0 Å². The van der Waals surface area contributed by atoms with Crippen LogP contribution in [0.3, 0.4) is 0 Å². The van der Waals surface area contributed by atoms with Crippen LogP contribution in [0.4, 0.5) is 0 Å². The highest BCUT2D eigenvalue weighted by Crippen LogP contribution is 2.23. The van der Waals surface area contributed by atoms with Crippen LogP contribution in [-0.4, -0.2) is 19.3 Å². The molecule has 2 aromatic rings. The molecule has 1 heterocycles. The summed E-state index contributed by atoms with van der Waals surface area (Å²) in [6.07, 6.45) is 3.04. The molecule has 0 radical (unpaired) electrons. The van der Waals surface area contributed by atoms with Crippen molar-refractivity contribution in [3.8, 4) is 5.75 Å². The highest BCUT2D eigenvalue weighted by Gasteiger charge is 2.16. The number of hydrogen-bond acceptors (Lipinski definition) is 2. The Labute approximate surface area is 137 Å². The van der Waals surface area contributed by atoms with E-state index in [2.05, 4.69) is 31.2 Å². The molecule has 116 valence electrons. The number of ether oxygens (including phenoxy) is 2. The lowest BCUT2D eigenvalue weighted by Crippen LogP contribution is -2.15. The van der Waals surface area contributed by atoms with Gasteiger partial charge in [-0.25, -0.2) is 0 Å². The molecule has 0 aromatic heterocycles. The van der Waals surface area contributed by atoms with Gasteiger partial charge in [-0.1, -0.05) is 42.8 Å². The highest BCUT2D eigenvalue weighted by atomic mass is 35.5. The number of hydrogen-bond donors (Lipinski definition) is 0. The summed E-state index contributed by atoms with van der Waals surface area (Å²) >= 11 is 6.31. The third-order valence-corrected chi connectivity index (χ3v) is 4.40. The van der Waals surface area contributed by atoms with Crippen LogP contribution in [0.5, 0.6) is 5.75 Å². The molecular formula is C19H21ClO2. The molecule has 0 aliphatic carbocycles. The number of halogens is 1. The Morgan fingerprint density at radius 3 is 2.59 bits per heavy atom. The first kappa shape index (κ1) is 15.4. The van der Waals surface area contributed by atoms with Gasteiger partial charge in [-0.3, -0.25) is 0 Å². The molecule has 3 rings (SSSR count). The summed E-state index contributed by atoms with van der Waals surface area (Å²) in [5.74, 6) is 0.910. The van der Waals surface area contributed by atoms with E-state index in [1.54, 1.807) is 0 Å². The van der Waals surface area contributed by atoms with E-state index in [1.165, 1.54) is 16.7 Å². The summed E-state index contributed by atoms with van der Waals surface area (Å²) in [7, 11) is 0. The van der Waals surface area contributed by atoms with E-state index in [4.69, 9.17) is 21.1 Å². The van der Waals surface area contributed by atoms with Gasteiger partial charge in [0.05, 0.1) is 13.2 Å². The summed E-state index contributed by atoms with van der Waals surface area (Å²) in [6, 6.07) is 14.6. The largest absolute Gasteiger partial charge is 0.488 e. The van der Waals surface area contributed by atoms with Crippen LogP contribution < -0.4 is 4.74 Å². The first-order valence-electron chi connectivity index (χ1n) is 7.85. The fourth-order valence-electron chi connectivity index (χ4n) is 2.69. The average molecular weight is 317 g/mol. The summed E-state index contributed by atoms with van der Waals surface area (Å²) in [5.41, 5.74) is 3.74. The molecule has 0 N–H and O–H groups in total. The van der Waals surface area contributed by atoms with E-state index >= 15 is 0 Å². The maximum absolute atomic E-state index is 6.31. The molecule has 22 heavy (non-hydrogen) atoms. The van der Waals surface area contributed by atoms with E-state index in [0.29, 0.717) is 6.61 Å². The maximum Gasteiger partial charge on any atom is 0.124 e. The minimum absolute atomic E-state index is 0.196. The molecule has 0 saturated carbocycles. The van der Waals surface area contributed by atoms with E-state index < -0.39 is 0 Å². The minimum atomic E-state index is 0.196. The number of aryl methyl sites for hydroxylation is 1. The second-order valence-electron chi connectivity index (χ2n) is 5.70. The van der Waals surface area contributed by atoms with Crippen LogP contribution in [0.2, 0.25) is 5.02 Å². The Morgan fingerprint density at radius 2 is 1.91 bits per heavy atom. The summed E-state index contributed by atoms with van der Waals surface area (Å²) in [5, 5.41) is 0.834. The van der Waals surface area contributed by atoms with Gasteiger partial charge < -0.3 is 9.47 Å². The predicted molar refractivity (Wildman–Crippen MR) is 89.9 cm³/mol. The van der Waals surface area contributed by atoms with Crippen molar-refractivity contribution in [2.45, 2.75) is 32.3 Å². The topological polar surface area (TPSA) is 18.5 Å². The molecule has 0 amide bonds. The second-order valence-corrected chi connectivity index (χ2v) is 6.11. The Kier molecular flexibility index (Phi) is 5.01. The standard InChI is InChI=1S/C19H21ClO2/c1-2-14-5-8-19(20)16(11-14)12-15-3-6-17(7-4-15)22-18-9-10-21-13-18/h3-8,11,18H,2,9-10,12-13H2,1H3. The normalized spacial score (nSPS) is 17.6. The van der Waals surface area contributed by atoms with Crippen LogP contribution in [0.25, 0.3) is 0 Å². The first-order valence-corrected chi connectivity index (χ1v) is 8.23. The zero-order valence-corrected chi connectivity index (χ0v) is 13.6. The van der Waals surface area contributed by atoms with Gasteiger partial charge in [0.15, 0.2) is 0 Å². The van der Waals surface area contributed by atoms with Crippen LogP contribution >= 0.6 is 11.6 Å². The molecule has 1 fully saturated rings. The molecule has 1 aliphatic rings. The van der Waals surface area contributed by atoms with E-state index in [0.717, 1.165) is 36.6 Å². The Bertz CT molecular complexity index is 616. The van der Waals surface area contributed by atoms with Crippen molar-refractivity contribution in [1.82, 2.24) is 0 Å². The van der Waals surface area contributed by atoms with Gasteiger partial charge in [0.1, 0.15) is 11.9 Å². The summed E-state index contributed by atoms with van der Waals surface area (Å²) < 4.78 is 11.2. The average Bonchev–Trinajstić information content (AvgIpc) is 3.04. The monoisotopic (exact) mass is 316 g/mol. The fraction of sp³-hybridized carbons (Fsp3) is 0.368. The quantitative estimate of drug-likeness (QED) is 0.798. The Hall–Kier alpha value is -1.51. The molecule has 2 nitrogen and oxygen atoms in total. The highest BCUT2D eigenvalue weighted by molar-refractivity contribution is 6.31. The van der Waals surface area contributed by atoms with Gasteiger partial charge in [0.25, 0.3) is 0 Å². The molecule has 3 heteroatoms. The molecule has 1 saturated heterocycles. The number of benzene rings is 2. The molecular weight excluding hydrogens is 296 g/mol. The Balaban J connectivity index is 1.67. The SMILES string of the molecule is CCc1ccc(Cl)c(Cc2ccc(OC3CCOC3)cc2)c1. The zero-order valence-electron chi connectivity index (χ0n) is 12.8. The lowest BCUT2D eigenvalue weighted by Gasteiger charge is -2.12. The van der Waals surface area contributed by atoms with Crippen LogP contribution in [0, 0.1) is 0 Å². The van der Waals surface area contributed by atoms with Crippen molar-refractivity contribution in [3.63, 3.8) is 0 Å². The molecule has 0 bridgehead atoms. The summed E-state index contributed by atoms with van der Waals surface area (Å²) in [4.78, 5) is 0. The predicted octanol–water partition coefficient (Wildman–Crippen LogP) is 4.66. The number of rotatable bonds is 5. The molecule has 2 aromatic carbocycles. The van der Waals surface area contributed by atoms with Crippen molar-refractivity contribution < 1.29 is 9.47 Å². The smallest absolute Gasteiger partial charge is 0.124 e. The van der Waals surface area contributed by atoms with Gasteiger partial charge in [0.2, 0.25) is 0 Å². The third kappa shape index (κ3) is 3.82. The van der Waals surface area contributed by atoms with Crippen LogP contribution in [0.15, 0.2) is 42.5 Å². The van der Waals surface area contributed by atoms with Crippen LogP contribution in [-0.2, 0) is 17.6 Å². The molecule has 1 unspecified atom stereocenters. The van der Waals surface area contributed by atoms with E-state index in [9.17, 15) is 0 Å². The van der Waals surface area contributed by atoms with Crippen molar-refractivity contribution in [3.05, 3.63) is 64.2 Å². The lowest BCUT2D eigenvalue weighted by atomic mass is 10.0. The van der Waals surface area contributed by atoms with Crippen LogP contribution in [0.1, 0.15) is 30.0 Å². The third-order valence-electron chi connectivity index (χ3n) is 4.03. The lowest BCUT2D eigenvalue weighted by molar-refractivity contribution is 0.141. The van der Waals surface area contributed by atoms with Crippen molar-refractivity contribution in [1.29, 1.82) is 0 Å². The van der Waals surface area contributed by atoms with Gasteiger partial charge in [-0.05, 0) is 47.7 Å². The van der Waals surface area contributed by atoms with Crippen molar-refractivity contribution in [2.24, 2.45) is 0 Å². The van der Waals surface area contributed by atoms with Gasteiger partial charge in [0, 0.05) is 11.4 Å². The minimum Gasteiger partial charge on any atom is -0.488 e.